The molecule has 0 spiro atoms. The lowest BCUT2D eigenvalue weighted by molar-refractivity contribution is 0.102. The van der Waals surface area contributed by atoms with Gasteiger partial charge in [0.2, 0.25) is 5.95 Å². The number of hydrogen-bond donors (Lipinski definition) is 2. The number of pyridine rings is 1. The van der Waals surface area contributed by atoms with Crippen molar-refractivity contribution in [3.8, 4) is 5.75 Å². The number of carbonyl (C=O) groups excluding carboxylic acids is 1. The molecule has 0 aliphatic rings. The number of anilines is 2. The Labute approximate surface area is 151 Å². The molecule has 0 bridgehead atoms. The van der Waals surface area contributed by atoms with E-state index in [1.54, 1.807) is 37.6 Å². The average molecular weight is 349 g/mol. The molecule has 2 aromatic heterocycles. The maximum Gasteiger partial charge on any atom is 0.274 e. The topological polar surface area (TPSA) is 89.0 Å². The summed E-state index contributed by atoms with van der Waals surface area (Å²) >= 11 is 0. The van der Waals surface area contributed by atoms with Crippen LogP contribution in [-0.4, -0.2) is 28.0 Å². The molecule has 0 radical (unpaired) electrons. The zero-order valence-electron chi connectivity index (χ0n) is 14.6. The molecule has 2 heterocycles. The van der Waals surface area contributed by atoms with Crippen molar-refractivity contribution in [1.82, 2.24) is 15.0 Å². The highest BCUT2D eigenvalue weighted by Gasteiger charge is 2.11. The minimum absolute atomic E-state index is 0.281. The van der Waals surface area contributed by atoms with E-state index in [9.17, 15) is 4.79 Å². The van der Waals surface area contributed by atoms with Gasteiger partial charge in [-0.3, -0.25) is 9.78 Å². The van der Waals surface area contributed by atoms with Crippen LogP contribution in [0.2, 0.25) is 0 Å². The third-order valence-corrected chi connectivity index (χ3v) is 3.57. The van der Waals surface area contributed by atoms with Crippen LogP contribution in [0.3, 0.4) is 0 Å². The molecule has 3 rings (SSSR count). The van der Waals surface area contributed by atoms with Crippen molar-refractivity contribution in [2.45, 2.75) is 13.5 Å². The van der Waals surface area contributed by atoms with Gasteiger partial charge in [0.05, 0.1) is 19.3 Å². The number of ether oxygens (including phenoxy) is 1. The van der Waals surface area contributed by atoms with E-state index in [4.69, 9.17) is 4.74 Å². The SMILES string of the molecule is COc1cccc(NC(=O)c2cc(C)nc(NCc3ccccn3)n2)c1. The number of amides is 1. The molecule has 0 unspecified atom stereocenters. The van der Waals surface area contributed by atoms with Crippen LogP contribution >= 0.6 is 0 Å². The highest BCUT2D eigenvalue weighted by molar-refractivity contribution is 6.03. The monoisotopic (exact) mass is 349 g/mol. The first-order valence-corrected chi connectivity index (χ1v) is 8.09. The second kappa shape index (κ2) is 8.06. The maximum absolute atomic E-state index is 12.5. The molecule has 7 nitrogen and oxygen atoms in total. The molecule has 1 amide bonds. The first-order valence-electron chi connectivity index (χ1n) is 8.09. The fourth-order valence-electron chi connectivity index (χ4n) is 2.33. The molecule has 7 heteroatoms. The average Bonchev–Trinajstić information content (AvgIpc) is 2.67. The highest BCUT2D eigenvalue weighted by Crippen LogP contribution is 2.17. The van der Waals surface area contributed by atoms with Crippen LogP contribution < -0.4 is 15.4 Å². The summed E-state index contributed by atoms with van der Waals surface area (Å²) in [5, 5.41) is 5.91. The van der Waals surface area contributed by atoms with Gasteiger partial charge in [0.1, 0.15) is 11.4 Å². The number of aromatic nitrogens is 3. The maximum atomic E-state index is 12.5. The van der Waals surface area contributed by atoms with Crippen molar-refractivity contribution in [2.24, 2.45) is 0 Å². The van der Waals surface area contributed by atoms with E-state index in [1.165, 1.54) is 0 Å². The van der Waals surface area contributed by atoms with Gasteiger partial charge < -0.3 is 15.4 Å². The number of nitrogens with zero attached hydrogens (tertiary/aromatic N) is 3. The molecule has 0 fully saturated rings. The van der Waals surface area contributed by atoms with Crippen LogP contribution in [0.25, 0.3) is 0 Å². The van der Waals surface area contributed by atoms with Crippen molar-refractivity contribution in [1.29, 1.82) is 0 Å². The smallest absolute Gasteiger partial charge is 0.274 e. The van der Waals surface area contributed by atoms with Crippen LogP contribution in [0.5, 0.6) is 5.75 Å². The zero-order chi connectivity index (χ0) is 18.4. The van der Waals surface area contributed by atoms with E-state index in [-0.39, 0.29) is 11.6 Å². The molecule has 0 saturated heterocycles. The number of methoxy groups -OCH3 is 1. The summed E-state index contributed by atoms with van der Waals surface area (Å²) in [6.45, 7) is 2.29. The quantitative estimate of drug-likeness (QED) is 0.711. The second-order valence-corrected chi connectivity index (χ2v) is 5.58. The molecular weight excluding hydrogens is 330 g/mol. The van der Waals surface area contributed by atoms with E-state index in [1.807, 2.05) is 31.2 Å². The van der Waals surface area contributed by atoms with Gasteiger partial charge in [-0.2, -0.15) is 0 Å². The van der Waals surface area contributed by atoms with E-state index < -0.39 is 0 Å². The number of nitrogens with one attached hydrogen (secondary N) is 2. The normalized spacial score (nSPS) is 10.2. The van der Waals surface area contributed by atoms with Crippen molar-refractivity contribution in [3.05, 3.63) is 71.8 Å². The number of rotatable bonds is 6. The molecule has 0 aliphatic carbocycles. The second-order valence-electron chi connectivity index (χ2n) is 5.58. The number of hydrogen-bond acceptors (Lipinski definition) is 6. The lowest BCUT2D eigenvalue weighted by Gasteiger charge is -2.09. The Morgan fingerprint density at radius 2 is 2.00 bits per heavy atom. The molecule has 132 valence electrons. The Morgan fingerprint density at radius 1 is 1.12 bits per heavy atom. The van der Waals surface area contributed by atoms with Crippen LogP contribution in [0.4, 0.5) is 11.6 Å². The molecule has 0 saturated carbocycles. The fourth-order valence-corrected chi connectivity index (χ4v) is 2.33. The van der Waals surface area contributed by atoms with Gasteiger partial charge in [-0.25, -0.2) is 9.97 Å². The van der Waals surface area contributed by atoms with Gasteiger partial charge in [-0.1, -0.05) is 12.1 Å². The third kappa shape index (κ3) is 4.54. The van der Waals surface area contributed by atoms with E-state index >= 15 is 0 Å². The summed E-state index contributed by atoms with van der Waals surface area (Å²) in [7, 11) is 1.58. The highest BCUT2D eigenvalue weighted by atomic mass is 16.5. The summed E-state index contributed by atoms with van der Waals surface area (Å²) in [5.41, 5.74) is 2.47. The lowest BCUT2D eigenvalue weighted by Crippen LogP contribution is -2.16. The minimum atomic E-state index is -0.315. The van der Waals surface area contributed by atoms with Crippen molar-refractivity contribution in [2.75, 3.05) is 17.7 Å². The van der Waals surface area contributed by atoms with E-state index in [0.717, 1.165) is 5.69 Å². The Hall–Kier alpha value is -3.48. The van der Waals surface area contributed by atoms with Gasteiger partial charge in [0, 0.05) is 23.6 Å². The summed E-state index contributed by atoms with van der Waals surface area (Å²) in [4.78, 5) is 25.4. The van der Waals surface area contributed by atoms with Gasteiger partial charge in [0.15, 0.2) is 0 Å². The summed E-state index contributed by atoms with van der Waals surface area (Å²) in [6, 6.07) is 14.5. The largest absolute Gasteiger partial charge is 0.497 e. The van der Waals surface area contributed by atoms with Crippen LogP contribution in [-0.2, 0) is 6.54 Å². The summed E-state index contributed by atoms with van der Waals surface area (Å²) in [5.74, 6) is 0.732. The molecule has 2 N–H and O–H groups in total. The first-order chi connectivity index (χ1) is 12.6. The van der Waals surface area contributed by atoms with Crippen LogP contribution in [0.15, 0.2) is 54.7 Å². The van der Waals surface area contributed by atoms with Crippen molar-refractivity contribution >= 4 is 17.5 Å². The Morgan fingerprint density at radius 3 is 2.77 bits per heavy atom. The number of carbonyl (C=O) groups is 1. The zero-order valence-corrected chi connectivity index (χ0v) is 14.6. The first kappa shape index (κ1) is 17.3. The number of benzene rings is 1. The van der Waals surface area contributed by atoms with Gasteiger partial charge >= 0.3 is 0 Å². The molecule has 0 atom stereocenters. The van der Waals surface area contributed by atoms with Crippen LogP contribution in [0, 0.1) is 6.92 Å². The Balaban J connectivity index is 1.72. The minimum Gasteiger partial charge on any atom is -0.497 e. The Bertz CT molecular complexity index is 899. The predicted octanol–water partition coefficient (Wildman–Crippen LogP) is 3.05. The number of aryl methyl sites for hydroxylation is 1. The summed E-state index contributed by atoms with van der Waals surface area (Å²) in [6.07, 6.45) is 1.72. The molecule has 26 heavy (non-hydrogen) atoms. The van der Waals surface area contributed by atoms with Gasteiger partial charge in [-0.15, -0.1) is 0 Å². The molecule has 0 aliphatic heterocycles. The van der Waals surface area contributed by atoms with Crippen molar-refractivity contribution < 1.29 is 9.53 Å². The Kier molecular flexibility index (Phi) is 5.38. The van der Waals surface area contributed by atoms with E-state index in [0.29, 0.717) is 29.6 Å². The lowest BCUT2D eigenvalue weighted by atomic mass is 10.2. The predicted molar refractivity (Wildman–Crippen MR) is 99.3 cm³/mol. The summed E-state index contributed by atoms with van der Waals surface area (Å²) < 4.78 is 5.16. The molecular formula is C19H19N5O2. The molecule has 3 aromatic rings. The van der Waals surface area contributed by atoms with E-state index in [2.05, 4.69) is 25.6 Å². The van der Waals surface area contributed by atoms with Crippen LogP contribution in [0.1, 0.15) is 21.9 Å². The fraction of sp³-hybridized carbons (Fsp3) is 0.158. The molecule has 1 aromatic carbocycles. The van der Waals surface area contributed by atoms with Gasteiger partial charge in [0.25, 0.3) is 5.91 Å². The third-order valence-electron chi connectivity index (χ3n) is 3.57. The van der Waals surface area contributed by atoms with Crippen molar-refractivity contribution in [3.63, 3.8) is 0 Å². The van der Waals surface area contributed by atoms with Gasteiger partial charge in [-0.05, 0) is 37.3 Å². The standard InChI is InChI=1S/C19H19N5O2/c1-13-10-17(18(25)23-14-7-5-8-16(11-14)26-2)24-19(22-13)21-12-15-6-3-4-9-20-15/h3-11H,12H2,1-2H3,(H,23,25)(H,21,22,24).